The average Bonchev–Trinajstić information content (AvgIpc) is 3.22. The molecular weight excluding hydrogens is 444 g/mol. The van der Waals surface area contributed by atoms with E-state index in [4.69, 9.17) is 15.2 Å². The number of aromatic nitrogens is 2. The van der Waals surface area contributed by atoms with Crippen LogP contribution in [0, 0.1) is 0 Å². The smallest absolute Gasteiger partial charge is 0.339 e. The molecule has 3 N–H and O–H groups in total. The van der Waals surface area contributed by atoms with Crippen LogP contribution in [0.5, 0.6) is 5.75 Å². The molecule has 1 unspecified atom stereocenters. The summed E-state index contributed by atoms with van der Waals surface area (Å²) in [5.41, 5.74) is 7.05. The first-order valence-electron chi connectivity index (χ1n) is 10.6. The average molecular weight is 471 g/mol. The van der Waals surface area contributed by atoms with Gasteiger partial charge in [-0.1, -0.05) is 6.07 Å². The number of hydrogen-bond donors (Lipinski definition) is 2. The van der Waals surface area contributed by atoms with Gasteiger partial charge in [-0.25, -0.2) is 14.6 Å². The fourth-order valence-corrected chi connectivity index (χ4v) is 4.78. The van der Waals surface area contributed by atoms with E-state index in [1.807, 2.05) is 25.1 Å². The number of piperazine rings is 1. The van der Waals surface area contributed by atoms with Crippen LogP contribution in [0.4, 0.5) is 22.2 Å². The van der Waals surface area contributed by atoms with Gasteiger partial charge in [-0.2, -0.15) is 4.98 Å². The number of nitrogen functional groups attached to an aromatic ring is 1. The molecule has 1 fully saturated rings. The Bertz CT molecular complexity index is 1180. The highest BCUT2D eigenvalue weighted by Crippen LogP contribution is 2.35. The van der Waals surface area contributed by atoms with Crippen LogP contribution in [0.15, 0.2) is 29.6 Å². The van der Waals surface area contributed by atoms with Crippen molar-refractivity contribution < 1.29 is 19.1 Å². The summed E-state index contributed by atoms with van der Waals surface area (Å²) in [7, 11) is 1.58. The van der Waals surface area contributed by atoms with Gasteiger partial charge in [0.25, 0.3) is 0 Å². The van der Waals surface area contributed by atoms with E-state index < -0.39 is 5.97 Å². The molecule has 3 aromatic rings. The topological polar surface area (TPSA) is 123 Å². The van der Waals surface area contributed by atoms with Crippen LogP contribution < -0.4 is 20.7 Å². The number of amides is 2. The number of nitrogens with two attached hydrogens (primary N) is 1. The molecule has 174 valence electrons. The summed E-state index contributed by atoms with van der Waals surface area (Å²) < 4.78 is 10.4. The molecule has 10 nitrogen and oxygen atoms in total. The number of esters is 1. The van der Waals surface area contributed by atoms with Crippen molar-refractivity contribution in [2.45, 2.75) is 19.9 Å². The number of benzene rings is 1. The molecule has 33 heavy (non-hydrogen) atoms. The molecule has 0 bridgehead atoms. The lowest BCUT2D eigenvalue weighted by molar-refractivity contribution is 0.0529. The lowest BCUT2D eigenvalue weighted by Crippen LogP contribution is -2.55. The zero-order chi connectivity index (χ0) is 23.5. The van der Waals surface area contributed by atoms with Crippen molar-refractivity contribution in [2.24, 2.45) is 0 Å². The van der Waals surface area contributed by atoms with Gasteiger partial charge in [0.15, 0.2) is 0 Å². The molecule has 1 aliphatic heterocycles. The maximum absolute atomic E-state index is 12.8. The molecule has 11 heteroatoms. The summed E-state index contributed by atoms with van der Waals surface area (Å²) in [5.74, 6) is 0.981. The van der Waals surface area contributed by atoms with E-state index in [2.05, 4.69) is 20.2 Å². The van der Waals surface area contributed by atoms with Crippen LogP contribution in [0.2, 0.25) is 0 Å². The number of ether oxygens (including phenoxy) is 2. The van der Waals surface area contributed by atoms with Crippen LogP contribution in [0.3, 0.4) is 0 Å². The summed E-state index contributed by atoms with van der Waals surface area (Å²) in [5, 5.41) is 5.28. The van der Waals surface area contributed by atoms with Gasteiger partial charge in [0.2, 0.25) is 5.95 Å². The van der Waals surface area contributed by atoms with E-state index in [1.54, 1.807) is 30.4 Å². The molecule has 1 aromatic carbocycles. The fourth-order valence-electron chi connectivity index (χ4n) is 3.87. The minimum absolute atomic E-state index is 0.0674. The molecule has 3 heterocycles. The zero-order valence-electron chi connectivity index (χ0n) is 18.7. The second kappa shape index (κ2) is 9.49. The molecule has 4 rings (SSSR count). The van der Waals surface area contributed by atoms with Gasteiger partial charge < -0.3 is 30.3 Å². The summed E-state index contributed by atoms with van der Waals surface area (Å²) in [6.45, 7) is 5.52. The van der Waals surface area contributed by atoms with E-state index in [0.717, 1.165) is 0 Å². The van der Waals surface area contributed by atoms with Gasteiger partial charge in [0, 0.05) is 42.8 Å². The SMILES string of the molecule is CCOC(=O)c1csc2nc(N)nc(N3CCN(C(=O)Nc4cccc(OC)c4)CC3C)c12. The van der Waals surface area contributed by atoms with Crippen LogP contribution in [-0.2, 0) is 4.74 Å². The maximum atomic E-state index is 12.8. The van der Waals surface area contributed by atoms with Crippen molar-refractivity contribution in [3.05, 3.63) is 35.2 Å². The molecule has 2 amide bonds. The molecule has 2 aromatic heterocycles. The van der Waals surface area contributed by atoms with Crippen molar-refractivity contribution >= 4 is 51.0 Å². The second-order valence-electron chi connectivity index (χ2n) is 7.61. The number of hydrogen-bond acceptors (Lipinski definition) is 9. The quantitative estimate of drug-likeness (QED) is 0.545. The van der Waals surface area contributed by atoms with Crippen molar-refractivity contribution in [1.82, 2.24) is 14.9 Å². The Hall–Kier alpha value is -3.60. The minimum Gasteiger partial charge on any atom is -0.497 e. The highest BCUT2D eigenvalue weighted by atomic mass is 32.1. The molecular formula is C22H26N6O4S. The number of carbonyl (C=O) groups excluding carboxylic acids is 2. The predicted octanol–water partition coefficient (Wildman–Crippen LogP) is 3.20. The maximum Gasteiger partial charge on any atom is 0.339 e. The van der Waals surface area contributed by atoms with Gasteiger partial charge in [0.1, 0.15) is 16.4 Å². The largest absolute Gasteiger partial charge is 0.497 e. The third-order valence-electron chi connectivity index (χ3n) is 5.43. The standard InChI is InChI=1S/C22H26N6O4S/c1-4-32-20(29)16-12-33-19-17(16)18(25-21(23)26-19)28-9-8-27(11-13(28)2)22(30)24-14-6-5-7-15(10-14)31-3/h5-7,10,12-13H,4,8-9,11H2,1-3H3,(H,24,30)(H2,23,25,26). The van der Waals surface area contributed by atoms with Gasteiger partial charge in [0.05, 0.1) is 24.7 Å². The number of carbonyl (C=O) groups is 2. The number of nitrogens with one attached hydrogen (secondary N) is 1. The first-order valence-corrected chi connectivity index (χ1v) is 11.5. The van der Waals surface area contributed by atoms with Gasteiger partial charge in [-0.15, -0.1) is 11.3 Å². The zero-order valence-corrected chi connectivity index (χ0v) is 19.5. The summed E-state index contributed by atoms with van der Waals surface area (Å²) >= 11 is 1.33. The highest BCUT2D eigenvalue weighted by Gasteiger charge is 2.31. The Balaban J connectivity index is 1.54. The number of urea groups is 1. The number of nitrogens with zero attached hydrogens (tertiary/aromatic N) is 4. The van der Waals surface area contributed by atoms with Crippen LogP contribution in [0.25, 0.3) is 10.2 Å². The molecule has 0 spiro atoms. The third-order valence-corrected chi connectivity index (χ3v) is 6.31. The van der Waals surface area contributed by atoms with E-state index in [1.165, 1.54) is 11.3 Å². The summed E-state index contributed by atoms with van der Waals surface area (Å²) in [6.07, 6.45) is 0. The van der Waals surface area contributed by atoms with E-state index in [9.17, 15) is 9.59 Å². The van der Waals surface area contributed by atoms with Crippen molar-refractivity contribution in [3.63, 3.8) is 0 Å². The highest BCUT2D eigenvalue weighted by molar-refractivity contribution is 7.17. The van der Waals surface area contributed by atoms with E-state index in [-0.39, 0.29) is 24.6 Å². The van der Waals surface area contributed by atoms with E-state index in [0.29, 0.717) is 52.7 Å². The molecule has 0 radical (unpaired) electrons. The Morgan fingerprint density at radius 2 is 2.12 bits per heavy atom. The second-order valence-corrected chi connectivity index (χ2v) is 8.46. The number of anilines is 3. The molecule has 0 saturated carbocycles. The van der Waals surface area contributed by atoms with Crippen molar-refractivity contribution in [2.75, 3.05) is 49.3 Å². The van der Waals surface area contributed by atoms with Crippen LogP contribution >= 0.6 is 11.3 Å². The first kappa shape index (κ1) is 22.6. The van der Waals surface area contributed by atoms with E-state index >= 15 is 0 Å². The number of methoxy groups -OCH3 is 1. The lowest BCUT2D eigenvalue weighted by atomic mass is 10.1. The lowest BCUT2D eigenvalue weighted by Gasteiger charge is -2.40. The van der Waals surface area contributed by atoms with Gasteiger partial charge >= 0.3 is 12.0 Å². The molecule has 1 aliphatic rings. The minimum atomic E-state index is -0.415. The normalized spacial score (nSPS) is 16.0. The van der Waals surface area contributed by atoms with Crippen molar-refractivity contribution in [3.8, 4) is 5.75 Å². The van der Waals surface area contributed by atoms with Crippen LogP contribution in [0.1, 0.15) is 24.2 Å². The fraction of sp³-hybridized carbons (Fsp3) is 0.364. The summed E-state index contributed by atoms with van der Waals surface area (Å²) in [4.78, 5) is 38.5. The first-order chi connectivity index (χ1) is 15.9. The predicted molar refractivity (Wildman–Crippen MR) is 128 cm³/mol. The number of thiophene rings is 1. The van der Waals surface area contributed by atoms with Crippen LogP contribution in [-0.4, -0.2) is 66.3 Å². The number of fused-ring (bicyclic) bond motifs is 1. The Morgan fingerprint density at radius 1 is 1.30 bits per heavy atom. The Kier molecular flexibility index (Phi) is 6.50. The van der Waals surface area contributed by atoms with Gasteiger partial charge in [-0.3, -0.25) is 0 Å². The third kappa shape index (κ3) is 4.63. The monoisotopic (exact) mass is 470 g/mol. The molecule has 0 aliphatic carbocycles. The number of rotatable bonds is 5. The molecule has 1 atom stereocenters. The van der Waals surface area contributed by atoms with Crippen molar-refractivity contribution in [1.29, 1.82) is 0 Å². The van der Waals surface area contributed by atoms with Gasteiger partial charge in [-0.05, 0) is 26.0 Å². The Labute approximate surface area is 195 Å². The Morgan fingerprint density at radius 3 is 2.85 bits per heavy atom. The summed E-state index contributed by atoms with van der Waals surface area (Å²) in [6, 6.07) is 6.97. The molecule has 1 saturated heterocycles.